The lowest BCUT2D eigenvalue weighted by molar-refractivity contribution is -0.118. The number of carbonyl (C=O) groups is 1. The number of aryl methyl sites for hydroxylation is 3. The molecule has 2 aromatic heterocycles. The number of rotatable bonds is 5. The van der Waals surface area contributed by atoms with E-state index in [1.807, 2.05) is 57.2 Å². The second-order valence-corrected chi connectivity index (χ2v) is 6.81. The molecule has 0 spiro atoms. The van der Waals surface area contributed by atoms with Crippen molar-refractivity contribution in [1.82, 2.24) is 25.2 Å². The van der Waals surface area contributed by atoms with Crippen LogP contribution in [0.15, 0.2) is 48.5 Å². The molecule has 0 fully saturated rings. The van der Waals surface area contributed by atoms with Gasteiger partial charge in [0.1, 0.15) is 5.75 Å². The summed E-state index contributed by atoms with van der Waals surface area (Å²) in [6.07, 6.45) is 0. The SMILES string of the molecule is Cc1ccc2nc(C)cc(OCC(=O)Nc3cccc(-n4nnnc4C)c3)c2c1. The molecule has 0 saturated heterocycles. The smallest absolute Gasteiger partial charge is 0.262 e. The van der Waals surface area contributed by atoms with Crippen LogP contribution < -0.4 is 10.1 Å². The van der Waals surface area contributed by atoms with Gasteiger partial charge in [0.15, 0.2) is 12.4 Å². The zero-order chi connectivity index (χ0) is 20.4. The molecule has 0 radical (unpaired) electrons. The van der Waals surface area contributed by atoms with Gasteiger partial charge >= 0.3 is 0 Å². The molecule has 2 heterocycles. The lowest BCUT2D eigenvalue weighted by Gasteiger charge is -2.12. The van der Waals surface area contributed by atoms with E-state index in [9.17, 15) is 4.79 Å². The highest BCUT2D eigenvalue weighted by Gasteiger charge is 2.10. The summed E-state index contributed by atoms with van der Waals surface area (Å²) < 4.78 is 7.42. The van der Waals surface area contributed by atoms with Gasteiger partial charge in [0.05, 0.1) is 11.2 Å². The van der Waals surface area contributed by atoms with Gasteiger partial charge in [0.25, 0.3) is 5.91 Å². The van der Waals surface area contributed by atoms with Crippen LogP contribution in [0.3, 0.4) is 0 Å². The van der Waals surface area contributed by atoms with Gasteiger partial charge in [-0.15, -0.1) is 5.10 Å². The normalized spacial score (nSPS) is 10.9. The van der Waals surface area contributed by atoms with E-state index in [2.05, 4.69) is 25.8 Å². The Bertz CT molecular complexity index is 1200. The first-order chi connectivity index (χ1) is 14.0. The Morgan fingerprint density at radius 3 is 2.76 bits per heavy atom. The number of ether oxygens (including phenoxy) is 1. The molecule has 0 atom stereocenters. The first kappa shape index (κ1) is 18.5. The zero-order valence-corrected chi connectivity index (χ0v) is 16.4. The summed E-state index contributed by atoms with van der Waals surface area (Å²) >= 11 is 0. The van der Waals surface area contributed by atoms with Gasteiger partial charge in [-0.05, 0) is 61.5 Å². The van der Waals surface area contributed by atoms with Gasteiger partial charge in [0.2, 0.25) is 0 Å². The van der Waals surface area contributed by atoms with Gasteiger partial charge in [-0.1, -0.05) is 17.7 Å². The first-order valence-corrected chi connectivity index (χ1v) is 9.16. The fourth-order valence-electron chi connectivity index (χ4n) is 3.08. The predicted molar refractivity (Wildman–Crippen MR) is 109 cm³/mol. The molecular weight excluding hydrogens is 368 g/mol. The topological polar surface area (TPSA) is 94.8 Å². The summed E-state index contributed by atoms with van der Waals surface area (Å²) in [6.45, 7) is 5.61. The summed E-state index contributed by atoms with van der Waals surface area (Å²) in [5, 5.41) is 15.2. The van der Waals surface area contributed by atoms with Gasteiger partial charge in [-0.2, -0.15) is 4.68 Å². The monoisotopic (exact) mass is 388 g/mol. The Balaban J connectivity index is 1.48. The minimum atomic E-state index is -0.258. The highest BCUT2D eigenvalue weighted by Crippen LogP contribution is 2.26. The van der Waals surface area contributed by atoms with Gasteiger partial charge < -0.3 is 10.1 Å². The maximum atomic E-state index is 12.4. The van der Waals surface area contributed by atoms with E-state index in [-0.39, 0.29) is 12.5 Å². The third-order valence-corrected chi connectivity index (χ3v) is 4.41. The van der Waals surface area contributed by atoms with Crippen LogP contribution in [0, 0.1) is 20.8 Å². The fourth-order valence-corrected chi connectivity index (χ4v) is 3.08. The fraction of sp³-hybridized carbons (Fsp3) is 0.190. The molecule has 8 nitrogen and oxygen atoms in total. The summed E-state index contributed by atoms with van der Waals surface area (Å²) in [7, 11) is 0. The second-order valence-electron chi connectivity index (χ2n) is 6.81. The third-order valence-electron chi connectivity index (χ3n) is 4.41. The second kappa shape index (κ2) is 7.67. The number of benzene rings is 2. The standard InChI is InChI=1S/C21H20N6O2/c1-13-7-8-19-18(9-13)20(10-14(2)22-19)29-12-21(28)23-16-5-4-6-17(11-16)27-15(3)24-25-26-27/h4-11H,12H2,1-3H3,(H,23,28). The lowest BCUT2D eigenvalue weighted by atomic mass is 10.1. The van der Waals surface area contributed by atoms with E-state index >= 15 is 0 Å². The molecule has 146 valence electrons. The number of hydrogen-bond donors (Lipinski definition) is 1. The molecule has 4 rings (SSSR count). The van der Waals surface area contributed by atoms with Crippen molar-refractivity contribution in [3.63, 3.8) is 0 Å². The number of fused-ring (bicyclic) bond motifs is 1. The molecule has 0 unspecified atom stereocenters. The Morgan fingerprint density at radius 2 is 1.97 bits per heavy atom. The van der Waals surface area contributed by atoms with Crippen LogP contribution >= 0.6 is 0 Å². The van der Waals surface area contributed by atoms with E-state index in [4.69, 9.17) is 4.74 Å². The van der Waals surface area contributed by atoms with Crippen LogP contribution in [0.1, 0.15) is 17.1 Å². The van der Waals surface area contributed by atoms with Crippen molar-refractivity contribution in [2.45, 2.75) is 20.8 Å². The van der Waals surface area contributed by atoms with Crippen molar-refractivity contribution in [2.24, 2.45) is 0 Å². The molecule has 0 aliphatic rings. The molecule has 0 saturated carbocycles. The predicted octanol–water partition coefficient (Wildman–Crippen LogP) is 3.15. The summed E-state index contributed by atoms with van der Waals surface area (Å²) in [6, 6.07) is 15.1. The van der Waals surface area contributed by atoms with E-state index in [0.29, 0.717) is 17.3 Å². The molecule has 4 aromatic rings. The Hall–Kier alpha value is -3.81. The lowest BCUT2D eigenvalue weighted by Crippen LogP contribution is -2.20. The van der Waals surface area contributed by atoms with Gasteiger partial charge in [0, 0.05) is 22.8 Å². The molecule has 0 aliphatic heterocycles. The first-order valence-electron chi connectivity index (χ1n) is 9.16. The highest BCUT2D eigenvalue weighted by molar-refractivity contribution is 5.93. The highest BCUT2D eigenvalue weighted by atomic mass is 16.5. The molecule has 1 N–H and O–H groups in total. The van der Waals surface area contributed by atoms with Crippen molar-refractivity contribution in [1.29, 1.82) is 0 Å². The number of nitrogens with zero attached hydrogens (tertiary/aromatic N) is 5. The maximum absolute atomic E-state index is 12.4. The summed E-state index contributed by atoms with van der Waals surface area (Å²) in [4.78, 5) is 17.0. The molecule has 1 amide bonds. The van der Waals surface area contributed by atoms with Crippen molar-refractivity contribution >= 4 is 22.5 Å². The number of pyridine rings is 1. The van der Waals surface area contributed by atoms with Crippen molar-refractivity contribution in [3.05, 3.63) is 65.6 Å². The number of hydrogen-bond acceptors (Lipinski definition) is 6. The van der Waals surface area contributed by atoms with Crippen molar-refractivity contribution in [2.75, 3.05) is 11.9 Å². The van der Waals surface area contributed by atoms with Crippen molar-refractivity contribution < 1.29 is 9.53 Å². The maximum Gasteiger partial charge on any atom is 0.262 e. The number of carbonyl (C=O) groups excluding carboxylic acids is 1. The third kappa shape index (κ3) is 4.06. The Morgan fingerprint density at radius 1 is 1.10 bits per heavy atom. The Kier molecular flexibility index (Phi) is 4.90. The van der Waals surface area contributed by atoms with Crippen LogP contribution in [0.5, 0.6) is 5.75 Å². The van der Waals surface area contributed by atoms with Gasteiger partial charge in [-0.25, -0.2) is 0 Å². The minimum absolute atomic E-state index is 0.110. The number of aromatic nitrogens is 5. The van der Waals surface area contributed by atoms with E-state index in [1.54, 1.807) is 16.8 Å². The van der Waals surface area contributed by atoms with Crippen molar-refractivity contribution in [3.8, 4) is 11.4 Å². The van der Waals surface area contributed by atoms with Crippen LogP contribution in [0.2, 0.25) is 0 Å². The van der Waals surface area contributed by atoms with Crippen LogP contribution in [-0.4, -0.2) is 37.7 Å². The van der Waals surface area contributed by atoms with Crippen LogP contribution in [-0.2, 0) is 4.79 Å². The molecule has 0 bridgehead atoms. The number of nitrogens with one attached hydrogen (secondary N) is 1. The largest absolute Gasteiger partial charge is 0.483 e. The number of anilines is 1. The average Bonchev–Trinajstić information content (AvgIpc) is 3.12. The molecule has 0 aliphatic carbocycles. The molecular formula is C21H20N6O2. The summed E-state index contributed by atoms with van der Waals surface area (Å²) in [5.74, 6) is 1.04. The van der Waals surface area contributed by atoms with E-state index in [0.717, 1.165) is 27.8 Å². The zero-order valence-electron chi connectivity index (χ0n) is 16.4. The Labute approximate surface area is 167 Å². The quantitative estimate of drug-likeness (QED) is 0.564. The van der Waals surface area contributed by atoms with Crippen LogP contribution in [0.4, 0.5) is 5.69 Å². The molecule has 29 heavy (non-hydrogen) atoms. The van der Waals surface area contributed by atoms with E-state index < -0.39 is 0 Å². The van der Waals surface area contributed by atoms with Gasteiger partial charge in [-0.3, -0.25) is 9.78 Å². The average molecular weight is 388 g/mol. The van der Waals surface area contributed by atoms with E-state index in [1.165, 1.54) is 0 Å². The number of tetrazole rings is 1. The number of amides is 1. The van der Waals surface area contributed by atoms with Crippen LogP contribution in [0.25, 0.3) is 16.6 Å². The molecule has 8 heteroatoms. The summed E-state index contributed by atoms with van der Waals surface area (Å²) in [5.41, 5.74) is 4.18. The molecule has 2 aromatic carbocycles. The minimum Gasteiger partial charge on any atom is -0.483 e.